The number of thiazole rings is 1. The van der Waals surface area contributed by atoms with Crippen molar-refractivity contribution in [1.82, 2.24) is 10.3 Å². The van der Waals surface area contributed by atoms with Gasteiger partial charge in [0.2, 0.25) is 0 Å². The topological polar surface area (TPSA) is 28.2 Å². The van der Waals surface area contributed by atoms with Gasteiger partial charge in [-0.05, 0) is 31.7 Å². The maximum Gasteiger partial charge on any atom is 0.185 e. The Balaban J connectivity index is 2.07. The van der Waals surface area contributed by atoms with Gasteiger partial charge >= 0.3 is 0 Å². The molecule has 0 amide bonds. The van der Waals surface area contributed by atoms with Crippen molar-refractivity contribution in [3.8, 4) is 0 Å². The molecule has 0 radical (unpaired) electrons. The minimum atomic E-state index is 0.352. The molecule has 1 aromatic heterocycles. The molecule has 1 atom stereocenters. The fourth-order valence-electron chi connectivity index (χ4n) is 1.77. The summed E-state index contributed by atoms with van der Waals surface area (Å²) in [7, 11) is 4.04. The highest BCUT2D eigenvalue weighted by molar-refractivity contribution is 9.10. The molecule has 0 fully saturated rings. The molecule has 1 aromatic carbocycles. The van der Waals surface area contributed by atoms with E-state index in [2.05, 4.69) is 63.3 Å². The minimum absolute atomic E-state index is 0.352. The largest absolute Gasteiger partial charge is 0.347 e. The second-order valence-electron chi connectivity index (χ2n) is 4.54. The van der Waals surface area contributed by atoms with Crippen LogP contribution in [0.25, 0.3) is 0 Å². The predicted molar refractivity (Wildman–Crippen MR) is 85.8 cm³/mol. The first-order valence-corrected chi connectivity index (χ1v) is 7.79. The zero-order chi connectivity index (χ0) is 13.8. The smallest absolute Gasteiger partial charge is 0.185 e. The molecule has 0 bridgehead atoms. The number of anilines is 1. The molecule has 0 aliphatic rings. The summed E-state index contributed by atoms with van der Waals surface area (Å²) in [4.78, 5) is 7.94. The number of hydrogen-bond acceptors (Lipinski definition) is 4. The zero-order valence-corrected chi connectivity index (χ0v) is 13.8. The van der Waals surface area contributed by atoms with Crippen molar-refractivity contribution in [1.29, 1.82) is 0 Å². The Morgan fingerprint density at radius 1 is 1.47 bits per heavy atom. The van der Waals surface area contributed by atoms with Crippen LogP contribution in [0.3, 0.4) is 0 Å². The van der Waals surface area contributed by atoms with Gasteiger partial charge < -0.3 is 10.2 Å². The molecule has 0 spiro atoms. The van der Waals surface area contributed by atoms with Crippen molar-refractivity contribution in [2.24, 2.45) is 0 Å². The maximum absolute atomic E-state index is 4.50. The van der Waals surface area contributed by atoms with Crippen molar-refractivity contribution in [2.75, 3.05) is 19.0 Å². The highest BCUT2D eigenvalue weighted by Gasteiger charge is 2.11. The van der Waals surface area contributed by atoms with E-state index in [1.54, 1.807) is 11.3 Å². The summed E-state index contributed by atoms with van der Waals surface area (Å²) in [6.07, 6.45) is 1.96. The molecule has 2 aromatic rings. The molecule has 19 heavy (non-hydrogen) atoms. The van der Waals surface area contributed by atoms with E-state index >= 15 is 0 Å². The number of hydrogen-bond donors (Lipinski definition) is 1. The summed E-state index contributed by atoms with van der Waals surface area (Å²) in [6.45, 7) is 3.01. The summed E-state index contributed by atoms with van der Waals surface area (Å²) in [6, 6.07) is 8.72. The number of nitrogens with one attached hydrogen (secondary N) is 1. The van der Waals surface area contributed by atoms with E-state index in [0.29, 0.717) is 6.04 Å². The third-order valence-electron chi connectivity index (χ3n) is 3.01. The summed E-state index contributed by atoms with van der Waals surface area (Å²) in [5.41, 5.74) is 1.27. The van der Waals surface area contributed by atoms with Crippen LogP contribution in [0, 0.1) is 0 Å². The lowest BCUT2D eigenvalue weighted by Gasteiger charge is -2.16. The third kappa shape index (κ3) is 3.78. The van der Waals surface area contributed by atoms with Gasteiger partial charge in [-0.3, -0.25) is 0 Å². The lowest BCUT2D eigenvalue weighted by molar-refractivity contribution is 0.662. The Morgan fingerprint density at radius 2 is 2.26 bits per heavy atom. The van der Waals surface area contributed by atoms with Crippen molar-refractivity contribution in [3.63, 3.8) is 0 Å². The normalized spacial score (nSPS) is 12.4. The van der Waals surface area contributed by atoms with E-state index in [4.69, 9.17) is 0 Å². The maximum atomic E-state index is 4.50. The van der Waals surface area contributed by atoms with E-state index in [-0.39, 0.29) is 0 Å². The number of nitrogens with zero attached hydrogens (tertiary/aromatic N) is 2. The number of aromatic nitrogens is 1. The predicted octanol–water partition coefficient (Wildman–Crippen LogP) is 3.82. The van der Waals surface area contributed by atoms with Crippen LogP contribution in [-0.2, 0) is 6.54 Å². The van der Waals surface area contributed by atoms with Crippen molar-refractivity contribution in [3.05, 3.63) is 45.4 Å². The number of rotatable bonds is 5. The van der Waals surface area contributed by atoms with Crippen LogP contribution in [0.4, 0.5) is 5.13 Å². The molecule has 2 rings (SSSR count). The van der Waals surface area contributed by atoms with Gasteiger partial charge in [-0.15, -0.1) is 11.3 Å². The first kappa shape index (κ1) is 14.5. The van der Waals surface area contributed by atoms with Crippen LogP contribution in [0.1, 0.15) is 23.4 Å². The van der Waals surface area contributed by atoms with Gasteiger partial charge in [0.05, 0.1) is 0 Å². The molecule has 1 heterocycles. The molecule has 1 unspecified atom stereocenters. The summed E-state index contributed by atoms with van der Waals surface area (Å²) >= 11 is 5.24. The van der Waals surface area contributed by atoms with Gasteiger partial charge in [0, 0.05) is 35.2 Å². The molecule has 1 N–H and O–H groups in total. The monoisotopic (exact) mass is 339 g/mol. The molecular formula is C14H18BrN3S. The number of benzene rings is 1. The van der Waals surface area contributed by atoms with Crippen LogP contribution >= 0.6 is 27.3 Å². The second-order valence-corrected chi connectivity index (χ2v) is 6.50. The van der Waals surface area contributed by atoms with E-state index in [1.165, 1.54) is 10.4 Å². The Labute approximate surface area is 126 Å². The van der Waals surface area contributed by atoms with Crippen molar-refractivity contribution < 1.29 is 0 Å². The molecule has 0 aliphatic carbocycles. The molecular weight excluding hydrogens is 322 g/mol. The Bertz CT molecular complexity index is 541. The lowest BCUT2D eigenvalue weighted by atomic mass is 10.2. The summed E-state index contributed by atoms with van der Waals surface area (Å²) < 4.78 is 1.11. The second kappa shape index (κ2) is 6.50. The van der Waals surface area contributed by atoms with Gasteiger partial charge in [0.25, 0.3) is 0 Å². The van der Waals surface area contributed by atoms with E-state index < -0.39 is 0 Å². The van der Waals surface area contributed by atoms with Crippen LogP contribution < -0.4 is 10.2 Å². The van der Waals surface area contributed by atoms with Crippen molar-refractivity contribution in [2.45, 2.75) is 19.5 Å². The average molecular weight is 340 g/mol. The molecule has 0 saturated carbocycles. The van der Waals surface area contributed by atoms with E-state index in [9.17, 15) is 0 Å². The SMILES string of the molecule is CNC(C)c1cnc(N(C)Cc2cccc(Br)c2)s1. The lowest BCUT2D eigenvalue weighted by Crippen LogP contribution is -2.15. The Hall–Kier alpha value is -0.910. The third-order valence-corrected chi connectivity index (χ3v) is 4.79. The number of halogens is 1. The highest BCUT2D eigenvalue weighted by atomic mass is 79.9. The van der Waals surface area contributed by atoms with Crippen LogP contribution in [0.5, 0.6) is 0 Å². The van der Waals surface area contributed by atoms with Crippen LogP contribution in [0.15, 0.2) is 34.9 Å². The minimum Gasteiger partial charge on any atom is -0.347 e. The highest BCUT2D eigenvalue weighted by Crippen LogP contribution is 2.27. The molecule has 0 aliphatic heterocycles. The zero-order valence-electron chi connectivity index (χ0n) is 11.4. The quantitative estimate of drug-likeness (QED) is 0.897. The van der Waals surface area contributed by atoms with E-state index in [1.807, 2.05) is 19.3 Å². The Morgan fingerprint density at radius 3 is 2.95 bits per heavy atom. The molecule has 102 valence electrons. The van der Waals surface area contributed by atoms with Gasteiger partial charge in [-0.1, -0.05) is 28.1 Å². The summed E-state index contributed by atoms with van der Waals surface area (Å²) in [5, 5.41) is 4.29. The van der Waals surface area contributed by atoms with Crippen LogP contribution in [-0.4, -0.2) is 19.1 Å². The molecule has 5 heteroatoms. The summed E-state index contributed by atoms with van der Waals surface area (Å²) in [5.74, 6) is 0. The fraction of sp³-hybridized carbons (Fsp3) is 0.357. The Kier molecular flexibility index (Phi) is 4.96. The first-order valence-electron chi connectivity index (χ1n) is 6.18. The van der Waals surface area contributed by atoms with Gasteiger partial charge in [-0.25, -0.2) is 4.98 Å². The average Bonchev–Trinajstić information content (AvgIpc) is 2.87. The first-order chi connectivity index (χ1) is 9.10. The fourth-order valence-corrected chi connectivity index (χ4v) is 3.16. The van der Waals surface area contributed by atoms with Gasteiger partial charge in [0.1, 0.15) is 0 Å². The standard InChI is InChI=1S/C14H18BrN3S/c1-10(16-2)13-8-17-14(19-13)18(3)9-11-5-4-6-12(15)7-11/h4-8,10,16H,9H2,1-3H3. The van der Waals surface area contributed by atoms with Gasteiger partial charge in [0.15, 0.2) is 5.13 Å². The van der Waals surface area contributed by atoms with E-state index in [0.717, 1.165) is 16.1 Å². The van der Waals surface area contributed by atoms with Crippen molar-refractivity contribution >= 4 is 32.4 Å². The van der Waals surface area contributed by atoms with Crippen LogP contribution in [0.2, 0.25) is 0 Å². The molecule has 3 nitrogen and oxygen atoms in total. The van der Waals surface area contributed by atoms with Gasteiger partial charge in [-0.2, -0.15) is 0 Å². The molecule has 0 saturated heterocycles.